The van der Waals surface area contributed by atoms with Crippen molar-refractivity contribution in [1.29, 1.82) is 0 Å². The summed E-state index contributed by atoms with van der Waals surface area (Å²) in [6.45, 7) is 0.402. The van der Waals surface area contributed by atoms with Crippen molar-refractivity contribution >= 4 is 5.97 Å². The molecule has 2 unspecified atom stereocenters. The van der Waals surface area contributed by atoms with E-state index in [0.29, 0.717) is 13.0 Å². The Hall–Kier alpha value is -2.69. The number of rotatable bonds is 5. The summed E-state index contributed by atoms with van der Waals surface area (Å²) in [5.74, 6) is 0.0840. The highest BCUT2D eigenvalue weighted by Crippen LogP contribution is 2.32. The number of carbonyl (C=O) groups excluding carboxylic acids is 1. The minimum absolute atomic E-state index is 0.0850. The van der Waals surface area contributed by atoms with Gasteiger partial charge in [0.1, 0.15) is 5.75 Å². The molecule has 0 aliphatic carbocycles. The molecule has 0 saturated carbocycles. The summed E-state index contributed by atoms with van der Waals surface area (Å²) < 4.78 is 10.4. The second-order valence-corrected chi connectivity index (χ2v) is 6.08. The van der Waals surface area contributed by atoms with E-state index in [4.69, 9.17) is 9.47 Å². The highest BCUT2D eigenvalue weighted by molar-refractivity contribution is 5.75. The van der Waals surface area contributed by atoms with Crippen LogP contribution < -0.4 is 4.74 Å². The smallest absolute Gasteiger partial charge is 0.309 e. The molecule has 126 valence electrons. The van der Waals surface area contributed by atoms with E-state index in [1.807, 2.05) is 24.3 Å². The van der Waals surface area contributed by atoms with Crippen LogP contribution in [-0.4, -0.2) is 29.9 Å². The third-order valence-electron chi connectivity index (χ3n) is 4.46. The first kappa shape index (κ1) is 16.2. The first-order valence-corrected chi connectivity index (χ1v) is 7.87. The van der Waals surface area contributed by atoms with Crippen LogP contribution in [0.2, 0.25) is 0 Å². The van der Waals surface area contributed by atoms with Crippen LogP contribution in [0.25, 0.3) is 0 Å². The van der Waals surface area contributed by atoms with Crippen molar-refractivity contribution in [2.45, 2.75) is 12.8 Å². The highest BCUT2D eigenvalue weighted by Gasteiger charge is 2.36. The molecule has 0 bridgehead atoms. The van der Waals surface area contributed by atoms with Crippen LogP contribution in [0.15, 0.2) is 42.5 Å². The summed E-state index contributed by atoms with van der Waals surface area (Å²) >= 11 is 0. The predicted molar refractivity (Wildman–Crippen MR) is 88.1 cm³/mol. The number of hydrogen-bond donors (Lipinski definition) is 2. The molecule has 5 nitrogen and oxygen atoms in total. The van der Waals surface area contributed by atoms with Crippen molar-refractivity contribution in [1.82, 2.24) is 0 Å². The minimum atomic E-state index is -0.254. The molecule has 3 rings (SSSR count). The van der Waals surface area contributed by atoms with Gasteiger partial charge in [-0.25, -0.2) is 0 Å². The van der Waals surface area contributed by atoms with Crippen LogP contribution in [0.3, 0.4) is 0 Å². The number of methoxy groups -OCH3 is 1. The average molecular weight is 328 g/mol. The van der Waals surface area contributed by atoms with Gasteiger partial charge in [0.05, 0.1) is 19.6 Å². The summed E-state index contributed by atoms with van der Waals surface area (Å²) in [4.78, 5) is 12.1. The van der Waals surface area contributed by atoms with Crippen LogP contribution in [0.1, 0.15) is 11.1 Å². The number of ether oxygens (including phenoxy) is 2. The molecule has 0 aromatic heterocycles. The molecule has 0 spiro atoms. The fourth-order valence-electron chi connectivity index (χ4n) is 3.07. The number of aromatic hydroxyl groups is 2. The SMILES string of the molecule is COc1ccc(CC2COC(=O)C2Cc2ccc(O)c(O)c2)cc1. The molecule has 1 aliphatic heterocycles. The lowest BCUT2D eigenvalue weighted by atomic mass is 9.85. The fraction of sp³-hybridized carbons (Fsp3) is 0.316. The summed E-state index contributed by atoms with van der Waals surface area (Å²) in [6, 6.07) is 12.4. The lowest BCUT2D eigenvalue weighted by Crippen LogP contribution is -2.20. The van der Waals surface area contributed by atoms with Crippen LogP contribution >= 0.6 is 0 Å². The molecule has 1 aliphatic rings. The van der Waals surface area contributed by atoms with Gasteiger partial charge in [-0.1, -0.05) is 18.2 Å². The van der Waals surface area contributed by atoms with Crippen molar-refractivity contribution in [3.63, 3.8) is 0 Å². The molecule has 1 fully saturated rings. The normalized spacial score (nSPS) is 20.0. The van der Waals surface area contributed by atoms with Gasteiger partial charge in [0.25, 0.3) is 0 Å². The zero-order valence-electron chi connectivity index (χ0n) is 13.4. The number of carbonyl (C=O) groups is 1. The topological polar surface area (TPSA) is 76.0 Å². The Bertz CT molecular complexity index is 723. The molecule has 24 heavy (non-hydrogen) atoms. The zero-order valence-corrected chi connectivity index (χ0v) is 13.4. The first-order valence-electron chi connectivity index (χ1n) is 7.87. The number of phenols is 2. The van der Waals surface area contributed by atoms with Gasteiger partial charge in [0, 0.05) is 5.92 Å². The van der Waals surface area contributed by atoms with Crippen molar-refractivity contribution in [2.75, 3.05) is 13.7 Å². The van der Waals surface area contributed by atoms with Crippen molar-refractivity contribution in [2.24, 2.45) is 11.8 Å². The maximum atomic E-state index is 12.1. The lowest BCUT2D eigenvalue weighted by molar-refractivity contribution is -0.141. The van der Waals surface area contributed by atoms with Crippen LogP contribution in [0.5, 0.6) is 17.2 Å². The van der Waals surface area contributed by atoms with Crippen LogP contribution in [-0.2, 0) is 22.4 Å². The van der Waals surface area contributed by atoms with E-state index in [2.05, 4.69) is 0 Å². The quantitative estimate of drug-likeness (QED) is 0.652. The van der Waals surface area contributed by atoms with Crippen molar-refractivity contribution in [3.05, 3.63) is 53.6 Å². The van der Waals surface area contributed by atoms with E-state index in [1.54, 1.807) is 13.2 Å². The summed E-state index contributed by atoms with van der Waals surface area (Å²) in [5, 5.41) is 19.0. The molecule has 1 heterocycles. The zero-order chi connectivity index (χ0) is 17.1. The molecule has 0 radical (unpaired) electrons. The fourth-order valence-corrected chi connectivity index (χ4v) is 3.07. The standard InChI is InChI=1S/C19H20O5/c1-23-15-5-2-12(3-6-15)8-14-11-24-19(22)16(14)9-13-4-7-17(20)18(21)10-13/h2-7,10,14,16,20-21H,8-9,11H2,1H3. The Labute approximate surface area is 140 Å². The van der Waals surface area contributed by atoms with Gasteiger partial charge in [-0.15, -0.1) is 0 Å². The van der Waals surface area contributed by atoms with Crippen LogP contribution in [0.4, 0.5) is 0 Å². The Balaban J connectivity index is 1.72. The summed E-state index contributed by atoms with van der Waals surface area (Å²) in [6.07, 6.45) is 1.22. The Morgan fingerprint density at radius 2 is 1.75 bits per heavy atom. The second kappa shape index (κ2) is 6.83. The summed E-state index contributed by atoms with van der Waals surface area (Å²) in [5.41, 5.74) is 1.92. The van der Waals surface area contributed by atoms with Gasteiger partial charge >= 0.3 is 5.97 Å². The monoisotopic (exact) mass is 328 g/mol. The van der Waals surface area contributed by atoms with Gasteiger partial charge < -0.3 is 19.7 Å². The third-order valence-corrected chi connectivity index (χ3v) is 4.46. The molecule has 2 N–H and O–H groups in total. The minimum Gasteiger partial charge on any atom is -0.504 e. The van der Waals surface area contributed by atoms with Crippen molar-refractivity contribution < 1.29 is 24.5 Å². The lowest BCUT2D eigenvalue weighted by Gasteiger charge is -2.16. The van der Waals surface area contributed by atoms with Gasteiger partial charge in [-0.2, -0.15) is 0 Å². The maximum absolute atomic E-state index is 12.1. The third kappa shape index (κ3) is 3.45. The van der Waals surface area contributed by atoms with E-state index in [9.17, 15) is 15.0 Å². The average Bonchev–Trinajstić information content (AvgIpc) is 2.92. The van der Waals surface area contributed by atoms with Crippen LogP contribution in [0, 0.1) is 11.8 Å². The Kier molecular flexibility index (Phi) is 4.60. The number of cyclic esters (lactones) is 1. The van der Waals surface area contributed by atoms with E-state index in [0.717, 1.165) is 23.3 Å². The van der Waals surface area contributed by atoms with Gasteiger partial charge in [0.15, 0.2) is 11.5 Å². The second-order valence-electron chi connectivity index (χ2n) is 6.08. The Morgan fingerprint density at radius 1 is 1.04 bits per heavy atom. The van der Waals surface area contributed by atoms with Gasteiger partial charge in [-0.3, -0.25) is 4.79 Å². The van der Waals surface area contributed by atoms with Gasteiger partial charge in [-0.05, 0) is 48.2 Å². The molecule has 2 atom stereocenters. The Morgan fingerprint density at radius 3 is 2.42 bits per heavy atom. The largest absolute Gasteiger partial charge is 0.504 e. The number of hydrogen-bond acceptors (Lipinski definition) is 5. The number of benzene rings is 2. The van der Waals surface area contributed by atoms with Crippen molar-refractivity contribution in [3.8, 4) is 17.2 Å². The van der Waals surface area contributed by atoms with E-state index in [1.165, 1.54) is 12.1 Å². The molecule has 1 saturated heterocycles. The molecule has 2 aromatic carbocycles. The number of phenolic OH excluding ortho intramolecular Hbond substituents is 2. The molecular weight excluding hydrogens is 308 g/mol. The first-order chi connectivity index (χ1) is 11.6. The van der Waals surface area contributed by atoms with E-state index in [-0.39, 0.29) is 29.3 Å². The molecule has 2 aromatic rings. The van der Waals surface area contributed by atoms with E-state index >= 15 is 0 Å². The molecule has 5 heteroatoms. The molecular formula is C19H20O5. The van der Waals surface area contributed by atoms with E-state index < -0.39 is 0 Å². The predicted octanol–water partition coefficient (Wildman–Crippen LogP) is 2.68. The number of esters is 1. The summed E-state index contributed by atoms with van der Waals surface area (Å²) in [7, 11) is 1.63. The highest BCUT2D eigenvalue weighted by atomic mass is 16.5. The van der Waals surface area contributed by atoms with Gasteiger partial charge in [0.2, 0.25) is 0 Å². The maximum Gasteiger partial charge on any atom is 0.309 e. The molecule has 0 amide bonds.